The summed E-state index contributed by atoms with van der Waals surface area (Å²) < 4.78 is 4.74. The molecule has 3 aliphatic rings. The van der Waals surface area contributed by atoms with E-state index in [4.69, 9.17) is 4.52 Å². The monoisotopic (exact) mass is 275 g/mol. The van der Waals surface area contributed by atoms with E-state index in [-0.39, 0.29) is 11.9 Å². The fourth-order valence-electron chi connectivity index (χ4n) is 3.87. The predicted octanol–water partition coefficient (Wildman–Crippen LogP) is 1.81. The molecule has 5 heteroatoms. The van der Waals surface area contributed by atoms with Crippen molar-refractivity contribution >= 4 is 5.91 Å². The highest BCUT2D eigenvalue weighted by Gasteiger charge is 2.55. The fraction of sp³-hybridized carbons (Fsp3) is 0.733. The van der Waals surface area contributed by atoms with Crippen molar-refractivity contribution in [3.63, 3.8) is 0 Å². The Morgan fingerprint density at radius 3 is 2.85 bits per heavy atom. The van der Waals surface area contributed by atoms with Crippen molar-refractivity contribution in [3.05, 3.63) is 18.0 Å². The lowest BCUT2D eigenvalue weighted by Crippen LogP contribution is -2.44. The van der Waals surface area contributed by atoms with Gasteiger partial charge in [-0.2, -0.15) is 0 Å². The summed E-state index contributed by atoms with van der Waals surface area (Å²) >= 11 is 0. The smallest absolute Gasteiger partial charge is 0.273 e. The highest BCUT2D eigenvalue weighted by atomic mass is 16.5. The highest BCUT2D eigenvalue weighted by Crippen LogP contribution is 2.51. The van der Waals surface area contributed by atoms with E-state index in [1.54, 1.807) is 6.07 Å². The topological polar surface area (TPSA) is 58.4 Å². The number of carbonyl (C=O) groups excluding carboxylic acids is 1. The van der Waals surface area contributed by atoms with Crippen molar-refractivity contribution in [2.75, 3.05) is 6.54 Å². The van der Waals surface area contributed by atoms with Crippen LogP contribution in [0.3, 0.4) is 0 Å². The lowest BCUT2D eigenvalue weighted by molar-refractivity contribution is 0.0928. The van der Waals surface area contributed by atoms with Gasteiger partial charge in [0.2, 0.25) is 0 Å². The van der Waals surface area contributed by atoms with E-state index >= 15 is 0 Å². The molecule has 1 aliphatic heterocycles. The number of amides is 1. The van der Waals surface area contributed by atoms with Gasteiger partial charge in [0.1, 0.15) is 6.26 Å². The lowest BCUT2D eigenvalue weighted by atomic mass is 9.91. The summed E-state index contributed by atoms with van der Waals surface area (Å²) in [5.41, 5.74) is 0.672. The molecule has 2 atom stereocenters. The van der Waals surface area contributed by atoms with E-state index in [9.17, 15) is 4.79 Å². The lowest BCUT2D eigenvalue weighted by Gasteiger charge is -2.35. The summed E-state index contributed by atoms with van der Waals surface area (Å²) in [6, 6.07) is 2.61. The van der Waals surface area contributed by atoms with E-state index in [1.807, 2.05) is 0 Å². The molecule has 4 rings (SSSR count). The van der Waals surface area contributed by atoms with Crippen molar-refractivity contribution < 1.29 is 9.32 Å². The molecule has 2 heterocycles. The average Bonchev–Trinajstić information content (AvgIpc) is 3.34. The Morgan fingerprint density at radius 1 is 1.45 bits per heavy atom. The van der Waals surface area contributed by atoms with Crippen LogP contribution in [-0.2, 0) is 0 Å². The van der Waals surface area contributed by atoms with Crippen molar-refractivity contribution in [2.45, 2.75) is 56.7 Å². The van der Waals surface area contributed by atoms with Gasteiger partial charge in [-0.05, 0) is 44.9 Å². The number of rotatable bonds is 4. The minimum Gasteiger partial charge on any atom is -0.364 e. The summed E-state index contributed by atoms with van der Waals surface area (Å²) in [7, 11) is 0. The Kier molecular flexibility index (Phi) is 2.67. The molecular formula is C15H21N3O2. The molecule has 3 fully saturated rings. The first-order valence-corrected chi connectivity index (χ1v) is 7.65. The zero-order chi connectivity index (χ0) is 13.7. The van der Waals surface area contributed by atoms with Gasteiger partial charge in [-0.25, -0.2) is 0 Å². The Balaban J connectivity index is 1.46. The number of likely N-dealkylation sites (tertiary alicyclic amines) is 1. The van der Waals surface area contributed by atoms with Gasteiger partial charge in [-0.15, -0.1) is 0 Å². The van der Waals surface area contributed by atoms with Crippen molar-refractivity contribution in [1.82, 2.24) is 15.4 Å². The van der Waals surface area contributed by atoms with Gasteiger partial charge in [-0.3, -0.25) is 9.69 Å². The molecule has 108 valence electrons. The zero-order valence-electron chi connectivity index (χ0n) is 11.8. The van der Waals surface area contributed by atoms with Crippen molar-refractivity contribution in [2.24, 2.45) is 5.92 Å². The Hall–Kier alpha value is -1.36. The van der Waals surface area contributed by atoms with Gasteiger partial charge >= 0.3 is 0 Å². The van der Waals surface area contributed by atoms with Crippen LogP contribution in [-0.4, -0.2) is 40.1 Å². The van der Waals surface area contributed by atoms with Crippen LogP contribution in [0.5, 0.6) is 0 Å². The summed E-state index contributed by atoms with van der Waals surface area (Å²) in [6.45, 7) is 3.38. The second kappa shape index (κ2) is 4.32. The quantitative estimate of drug-likeness (QED) is 0.910. The highest BCUT2D eigenvalue weighted by molar-refractivity contribution is 5.92. The first-order chi connectivity index (χ1) is 9.67. The Morgan fingerprint density at radius 2 is 2.25 bits per heavy atom. The molecule has 1 N–H and O–H groups in total. The number of nitrogens with zero attached hydrogens (tertiary/aromatic N) is 2. The van der Waals surface area contributed by atoms with Crippen LogP contribution in [0.2, 0.25) is 0 Å². The molecule has 2 saturated carbocycles. The molecule has 2 aliphatic carbocycles. The molecule has 0 spiro atoms. The fourth-order valence-corrected chi connectivity index (χ4v) is 3.87. The van der Waals surface area contributed by atoms with E-state index in [2.05, 4.69) is 22.3 Å². The van der Waals surface area contributed by atoms with Crippen LogP contribution in [0.15, 0.2) is 16.9 Å². The second-order valence-corrected chi connectivity index (χ2v) is 6.77. The van der Waals surface area contributed by atoms with Crippen LogP contribution < -0.4 is 5.32 Å². The Bertz CT molecular complexity index is 507. The van der Waals surface area contributed by atoms with Crippen molar-refractivity contribution in [3.8, 4) is 0 Å². The van der Waals surface area contributed by atoms with Gasteiger partial charge in [-0.1, -0.05) is 5.16 Å². The minimum absolute atomic E-state index is 0.112. The maximum absolute atomic E-state index is 12.1. The van der Waals surface area contributed by atoms with Crippen LogP contribution >= 0.6 is 0 Å². The van der Waals surface area contributed by atoms with E-state index < -0.39 is 0 Å². The molecular weight excluding hydrogens is 254 g/mol. The summed E-state index contributed by atoms with van der Waals surface area (Å²) in [5, 5.41) is 6.84. The summed E-state index contributed by atoms with van der Waals surface area (Å²) in [4.78, 5) is 14.8. The minimum atomic E-state index is -0.112. The molecule has 0 bridgehead atoms. The Labute approximate surface area is 118 Å². The normalized spacial score (nSPS) is 34.4. The van der Waals surface area contributed by atoms with Gasteiger partial charge in [0.25, 0.3) is 5.91 Å². The van der Waals surface area contributed by atoms with Crippen LogP contribution in [0, 0.1) is 5.92 Å². The van der Waals surface area contributed by atoms with Crippen molar-refractivity contribution in [1.29, 1.82) is 0 Å². The van der Waals surface area contributed by atoms with E-state index in [0.717, 1.165) is 24.9 Å². The SMILES string of the molecule is CC1(C2CC2)CC(NC(=O)c2ccon2)CN1C1CC1. The van der Waals surface area contributed by atoms with Gasteiger partial charge < -0.3 is 9.84 Å². The van der Waals surface area contributed by atoms with Crippen LogP contribution in [0.25, 0.3) is 0 Å². The zero-order valence-corrected chi connectivity index (χ0v) is 11.8. The van der Waals surface area contributed by atoms with Gasteiger partial charge in [0, 0.05) is 30.2 Å². The van der Waals surface area contributed by atoms with Gasteiger partial charge in [0.05, 0.1) is 0 Å². The largest absolute Gasteiger partial charge is 0.364 e. The van der Waals surface area contributed by atoms with Crippen LogP contribution in [0.4, 0.5) is 0 Å². The maximum atomic E-state index is 12.1. The number of carbonyl (C=O) groups is 1. The molecule has 0 radical (unpaired) electrons. The molecule has 1 aromatic heterocycles. The van der Waals surface area contributed by atoms with Gasteiger partial charge in [0.15, 0.2) is 5.69 Å². The standard InChI is InChI=1S/C15H21N3O2/c1-15(10-2-3-10)8-11(9-18(15)12-4-5-12)16-14(19)13-6-7-20-17-13/h6-7,10-12H,2-5,8-9H2,1H3,(H,16,19). The molecule has 1 aromatic rings. The molecule has 5 nitrogen and oxygen atoms in total. The number of aromatic nitrogens is 1. The third-order valence-corrected chi connectivity index (χ3v) is 5.18. The summed E-state index contributed by atoms with van der Waals surface area (Å²) in [6.07, 6.45) is 7.86. The average molecular weight is 275 g/mol. The number of hydrogen-bond acceptors (Lipinski definition) is 4. The molecule has 1 saturated heterocycles. The number of hydrogen-bond donors (Lipinski definition) is 1. The molecule has 20 heavy (non-hydrogen) atoms. The predicted molar refractivity (Wildman–Crippen MR) is 73.2 cm³/mol. The van der Waals surface area contributed by atoms with E-state index in [1.165, 1.54) is 31.9 Å². The third-order valence-electron chi connectivity index (χ3n) is 5.18. The molecule has 0 aromatic carbocycles. The first-order valence-electron chi connectivity index (χ1n) is 7.65. The van der Waals surface area contributed by atoms with Crippen LogP contribution in [0.1, 0.15) is 49.5 Å². The number of nitrogens with one attached hydrogen (secondary N) is 1. The molecule has 1 amide bonds. The van der Waals surface area contributed by atoms with E-state index in [0.29, 0.717) is 11.2 Å². The molecule has 2 unspecified atom stereocenters. The third kappa shape index (κ3) is 2.04. The maximum Gasteiger partial charge on any atom is 0.273 e. The first kappa shape index (κ1) is 12.4. The second-order valence-electron chi connectivity index (χ2n) is 6.77. The summed E-state index contributed by atoms with van der Waals surface area (Å²) in [5.74, 6) is 0.719.